The topological polar surface area (TPSA) is 573 Å². The molecule has 15 amide bonds. The molecule has 0 unspecified atom stereocenters. The van der Waals surface area contributed by atoms with Crippen LogP contribution in [0.5, 0.6) is 5.75 Å². The van der Waals surface area contributed by atoms with Crippen LogP contribution < -0.4 is 59.3 Å². The van der Waals surface area contributed by atoms with Crippen molar-refractivity contribution in [3.8, 4) is 5.75 Å². The van der Waals surface area contributed by atoms with Crippen molar-refractivity contribution in [2.45, 2.75) is 195 Å². The molecule has 3 aliphatic heterocycles. The number of aromatic amines is 1. The zero-order valence-corrected chi connectivity index (χ0v) is 76.4. The number of aliphatic hydroxyl groups is 1. The molecular formula is C92H118ClN17O22S. The Bertz CT molecular complexity index is 5130. The van der Waals surface area contributed by atoms with E-state index in [-0.39, 0.29) is 88.3 Å². The molecule has 6 aromatic rings. The fourth-order valence-corrected chi connectivity index (χ4v) is 17.1. The third-order valence-electron chi connectivity index (χ3n) is 23.4. The summed E-state index contributed by atoms with van der Waals surface area (Å²) in [5.41, 5.74) is 14.3. The second kappa shape index (κ2) is 50.0. The fraction of sp³-hybridized carbons (Fsp3) is 0.467. The van der Waals surface area contributed by atoms with Crippen LogP contribution in [0.4, 0.5) is 0 Å². The van der Waals surface area contributed by atoms with Crippen molar-refractivity contribution in [3.05, 3.63) is 172 Å². The number of H-pyrrole nitrogens is 1. The third-order valence-corrected chi connectivity index (χ3v) is 24.7. The van der Waals surface area contributed by atoms with Crippen LogP contribution in [-0.2, 0) is 118 Å². The summed E-state index contributed by atoms with van der Waals surface area (Å²) in [5.74, 6) is -19.9. The molecule has 5 aromatic carbocycles. The summed E-state index contributed by atoms with van der Waals surface area (Å²) >= 11 is 7.28. The van der Waals surface area contributed by atoms with Crippen LogP contribution in [0.3, 0.4) is 0 Å². The minimum absolute atomic E-state index is 0.0488. The highest BCUT2D eigenvalue weighted by Crippen LogP contribution is 2.28. The normalized spacial score (nSPS) is 24.2. The smallest absolute Gasteiger partial charge is 0.305 e. The number of hydrogen-bond donors (Lipinski definition) is 16. The number of thioether (sulfide) groups is 1. The second-order valence-electron chi connectivity index (χ2n) is 33.6. The van der Waals surface area contributed by atoms with Crippen molar-refractivity contribution < 1.29 is 107 Å². The molecule has 0 spiro atoms. The van der Waals surface area contributed by atoms with Gasteiger partial charge in [-0.05, 0) is 96.3 Å². The van der Waals surface area contributed by atoms with E-state index in [2.05, 4.69) is 52.8 Å². The molecule has 41 heteroatoms. The quantitative estimate of drug-likeness (QED) is 0.0355. The molecule has 3 saturated heterocycles. The molecule has 3 aliphatic rings. The number of halogens is 1. The highest BCUT2D eigenvalue weighted by atomic mass is 35.5. The van der Waals surface area contributed by atoms with Crippen LogP contribution >= 0.6 is 23.4 Å². The van der Waals surface area contributed by atoms with Gasteiger partial charge in [0.05, 0.1) is 38.0 Å². The number of phenolic OH excluding ortho intramolecular Hbond substituents is 1. The Hall–Kier alpha value is -13.1. The molecule has 0 radical (unpaired) electrons. The Balaban J connectivity index is 1.14. The minimum atomic E-state index is -2.02. The van der Waals surface area contributed by atoms with Gasteiger partial charge < -0.3 is 114 Å². The number of ether oxygens (including phenoxy) is 1. The highest BCUT2D eigenvalue weighted by molar-refractivity contribution is 8.00. The van der Waals surface area contributed by atoms with Gasteiger partial charge in [0, 0.05) is 107 Å². The third kappa shape index (κ3) is 29.7. The maximum absolute atomic E-state index is 15.7. The number of fused-ring (bicyclic) bond motifs is 3. The number of nitrogens with zero attached hydrogens (tertiary/aromatic N) is 5. The molecular weight excluding hydrogens is 1760 g/mol. The number of para-hydroxylation sites is 1. The molecule has 0 aliphatic carbocycles. The number of nitrogens with two attached hydrogens (primary N) is 2. The number of rotatable bonds is 25. The van der Waals surface area contributed by atoms with Crippen molar-refractivity contribution in [1.82, 2.24) is 77.3 Å². The lowest BCUT2D eigenvalue weighted by Crippen LogP contribution is -2.64. The Kier molecular flexibility index (Phi) is 39.0. The number of nitrogens with one attached hydrogen (secondary N) is 10. The van der Waals surface area contributed by atoms with E-state index < -0.39 is 248 Å². The monoisotopic (exact) mass is 1880 g/mol. The molecule has 39 nitrogen and oxygen atoms in total. The molecule has 3 fully saturated rings. The van der Waals surface area contributed by atoms with E-state index in [1.54, 1.807) is 115 Å². The lowest BCUT2D eigenvalue weighted by molar-refractivity contribution is -0.152. The number of morpholine rings is 1. The van der Waals surface area contributed by atoms with Crippen LogP contribution in [0, 0.1) is 5.92 Å². The van der Waals surface area contributed by atoms with Crippen LogP contribution in [0.25, 0.3) is 10.9 Å². The van der Waals surface area contributed by atoms with Crippen LogP contribution in [0.2, 0.25) is 5.02 Å². The second-order valence-corrected chi connectivity index (χ2v) is 35.0. The van der Waals surface area contributed by atoms with Crippen molar-refractivity contribution in [1.29, 1.82) is 0 Å². The molecule has 18 N–H and O–H groups in total. The molecule has 716 valence electrons. The number of primary amides is 1. The summed E-state index contributed by atoms with van der Waals surface area (Å²) in [6.45, 7) is 2.43. The first-order valence-electron chi connectivity index (χ1n) is 43.9. The molecule has 1 aromatic heterocycles. The van der Waals surface area contributed by atoms with Crippen molar-refractivity contribution in [3.63, 3.8) is 0 Å². The van der Waals surface area contributed by atoms with E-state index in [0.717, 1.165) is 36.3 Å². The summed E-state index contributed by atoms with van der Waals surface area (Å²) in [4.78, 5) is 259. The van der Waals surface area contributed by atoms with Crippen LogP contribution in [0.1, 0.15) is 106 Å². The summed E-state index contributed by atoms with van der Waals surface area (Å²) in [7, 11) is 3.85. The molecule has 14 atom stereocenters. The Morgan fingerprint density at radius 1 is 0.549 bits per heavy atom. The Morgan fingerprint density at radius 2 is 1.12 bits per heavy atom. The van der Waals surface area contributed by atoms with Gasteiger partial charge in [0.1, 0.15) is 84.3 Å². The summed E-state index contributed by atoms with van der Waals surface area (Å²) in [5, 5.41) is 66.8. The molecule has 0 bridgehead atoms. The zero-order valence-electron chi connectivity index (χ0n) is 74.8. The van der Waals surface area contributed by atoms with Gasteiger partial charge in [-0.2, -0.15) is 0 Å². The number of aliphatic hydroxyl groups excluding tert-OH is 1. The number of unbranched alkanes of at least 4 members (excludes halogenated alkanes) is 1. The van der Waals surface area contributed by atoms with Gasteiger partial charge in [-0.25, -0.2) is 0 Å². The van der Waals surface area contributed by atoms with E-state index in [1.807, 2.05) is 6.92 Å². The number of benzene rings is 5. The van der Waals surface area contributed by atoms with Gasteiger partial charge in [-0.15, -0.1) is 11.8 Å². The first kappa shape index (κ1) is 104. The van der Waals surface area contributed by atoms with Crippen LogP contribution in [-0.4, -0.2) is 307 Å². The number of carbonyl (C=O) groups is 17. The predicted molar refractivity (Wildman–Crippen MR) is 488 cm³/mol. The Morgan fingerprint density at radius 3 is 1.76 bits per heavy atom. The fourth-order valence-electron chi connectivity index (χ4n) is 16.1. The van der Waals surface area contributed by atoms with E-state index in [9.17, 15) is 58.8 Å². The van der Waals surface area contributed by atoms with Crippen LogP contribution in [0.15, 0.2) is 140 Å². The zero-order chi connectivity index (χ0) is 96.9. The Labute approximate surface area is 777 Å². The molecule has 133 heavy (non-hydrogen) atoms. The van der Waals surface area contributed by atoms with Gasteiger partial charge in [-0.1, -0.05) is 148 Å². The van der Waals surface area contributed by atoms with E-state index in [0.29, 0.717) is 45.1 Å². The number of carbonyl (C=O) groups excluding carboxylic acids is 15. The summed E-state index contributed by atoms with van der Waals surface area (Å²) < 4.78 is 5.82. The highest BCUT2D eigenvalue weighted by Gasteiger charge is 2.48. The maximum Gasteiger partial charge on any atom is 0.305 e. The number of likely N-dealkylation sites (N-methyl/N-ethyl adjacent to an activating group) is 3. The first-order valence-corrected chi connectivity index (χ1v) is 45.5. The van der Waals surface area contributed by atoms with Gasteiger partial charge in [0.25, 0.3) is 0 Å². The summed E-state index contributed by atoms with van der Waals surface area (Å²) in [6.07, 6.45) is -3.69. The molecule has 4 heterocycles. The average molecular weight is 1880 g/mol. The number of hydrogen-bond acceptors (Lipinski definition) is 22. The molecule has 9 rings (SSSR count). The van der Waals surface area contributed by atoms with Gasteiger partial charge in [-0.3, -0.25) is 81.5 Å². The van der Waals surface area contributed by atoms with E-state index in [4.69, 9.17) is 27.8 Å². The average Bonchev–Trinajstić information content (AvgIpc) is 1.74. The minimum Gasteiger partial charge on any atom is -0.508 e. The predicted octanol–water partition coefficient (Wildman–Crippen LogP) is -0.138. The van der Waals surface area contributed by atoms with Gasteiger partial charge in [0.2, 0.25) is 88.6 Å². The summed E-state index contributed by atoms with van der Waals surface area (Å²) in [6, 6.07) is 14.1. The lowest BCUT2D eigenvalue weighted by atomic mass is 9.98. The number of carboxylic acid groups (broad SMARTS) is 2. The van der Waals surface area contributed by atoms with Crippen molar-refractivity contribution in [2.75, 3.05) is 72.0 Å². The standard InChI is InChI=1S/C92H118ClN17O22S/c1-7-8-28-70-91(130)110-48-60(112)44-72(110)86(125)103-67(45-78(117)118)84(123)105-79(52(2)3)92(131)107(5)71(41-53-19-11-9-12-20-53)85(124)100-64(33-34-77(115)116)89(128)109-36-37-132-49-74(109)87(126)102-66(43-57-46-96-62-26-16-15-25-61(57)62)83(122)101-65(39-55-29-31-59(111)32-30-55)82(121)99-63(27-18-35-94)81(120)104-69(80(119)97-47-75(95)113)50-133-51-76(114)98-68(40-56-23-17-24-58(93)38-56)88(127)108(6)73(90(129)106(70)4)42-54-21-13-10-14-22-54/h9-17,19-26,29-32,38,46,52,60,63-74,79,96,111-112H,7-8,18,27-28,33-37,39-45,47-51,94H2,1-6H3,(H2,95,113)(H,97,119)(H,98,114)(H,99,121)(H,100,124)(H,101,122)(H,102,126)(H,103,125)(H,104,120)(H,105,123)(H,115,116)(H,117,118)/t60-,63+,64+,65+,66-,67+,68+,69+,70+,71+,72-,73+,74-,79+/m1/s1. The SMILES string of the molecule is CCCC[C@H]1C(=O)N2C[C@H](O)C[C@@H]2C(=O)N[C@@H](CC(=O)O)C(=O)N[C@@H](C(C)C)C(=O)N(C)[C@@H](Cc2ccccc2)C(=O)N[C@@H](CCC(=O)O)C(=O)N2CCOC[C@@H]2C(=O)N[C@H](Cc2c[nH]c3ccccc23)C(=O)N[C@@H](Cc2ccc(O)cc2)C(=O)N[C@@H](CCCN)C(=O)N[C@H](C(=O)NCC(N)=O)CSCC(=O)N[C@@H](Cc2cccc(Cl)c2)C(=O)N(C)[C@@H](Cc2ccccc2)C(=O)N1C. The number of carboxylic acids is 2. The van der Waals surface area contributed by atoms with Crippen molar-refractivity contribution >= 4 is 135 Å². The van der Waals surface area contributed by atoms with E-state index in [1.165, 1.54) is 59.3 Å². The lowest BCUT2D eigenvalue weighted by Gasteiger charge is -2.38. The largest absolute Gasteiger partial charge is 0.508 e. The number of aromatic nitrogens is 1. The number of phenols is 1. The first-order chi connectivity index (χ1) is 63.4. The number of amides is 15. The number of aliphatic carboxylic acids is 2. The maximum atomic E-state index is 15.7. The molecule has 0 saturated carbocycles. The van der Waals surface area contributed by atoms with Gasteiger partial charge in [0.15, 0.2) is 0 Å². The van der Waals surface area contributed by atoms with E-state index >= 15 is 43.2 Å². The number of aromatic hydroxyl groups is 1. The van der Waals surface area contributed by atoms with Crippen molar-refractivity contribution in [2.24, 2.45) is 17.4 Å². The van der Waals surface area contributed by atoms with Gasteiger partial charge >= 0.3 is 11.9 Å².